The molecule has 56 valence electrons. The van der Waals surface area contributed by atoms with Crippen LogP contribution in [-0.4, -0.2) is 10.4 Å². The van der Waals surface area contributed by atoms with Gasteiger partial charge >= 0.3 is 0 Å². The minimum Gasteiger partial charge on any atom is -0.318 e. The van der Waals surface area contributed by atoms with Crippen molar-refractivity contribution in [2.24, 2.45) is 0 Å². The fourth-order valence-electron chi connectivity index (χ4n) is 1.40. The largest absolute Gasteiger partial charge is 0.318 e. The van der Waals surface area contributed by atoms with Gasteiger partial charge in [0.05, 0.1) is 5.69 Å². The standard InChI is InChI=1S/C9H9NO/c1-7(11)9-5-4-8-3-2-6-10(8)9/h2,4-6H,3H2,1H3. The van der Waals surface area contributed by atoms with Crippen molar-refractivity contribution in [3.05, 3.63) is 29.6 Å². The van der Waals surface area contributed by atoms with E-state index in [1.54, 1.807) is 6.92 Å². The summed E-state index contributed by atoms with van der Waals surface area (Å²) in [6, 6.07) is 3.87. The first-order chi connectivity index (χ1) is 5.29. The summed E-state index contributed by atoms with van der Waals surface area (Å²) in [5, 5.41) is 0. The minimum absolute atomic E-state index is 0.128. The number of fused-ring (bicyclic) bond motifs is 1. The number of carbonyl (C=O) groups is 1. The lowest BCUT2D eigenvalue weighted by Crippen LogP contribution is -1.99. The van der Waals surface area contributed by atoms with Gasteiger partial charge in [-0.15, -0.1) is 0 Å². The Hall–Kier alpha value is -1.31. The molecule has 0 fully saturated rings. The Balaban J connectivity index is 2.58. The molecule has 0 bridgehead atoms. The lowest BCUT2D eigenvalue weighted by Gasteiger charge is -1.97. The predicted octanol–water partition coefficient (Wildman–Crippen LogP) is 1.72. The van der Waals surface area contributed by atoms with Gasteiger partial charge in [0.2, 0.25) is 0 Å². The Morgan fingerprint density at radius 1 is 1.55 bits per heavy atom. The molecule has 0 aromatic carbocycles. The molecule has 0 radical (unpaired) electrons. The Morgan fingerprint density at radius 2 is 2.36 bits per heavy atom. The summed E-state index contributed by atoms with van der Waals surface area (Å²) in [7, 11) is 0. The number of hydrogen-bond acceptors (Lipinski definition) is 1. The molecular formula is C9H9NO. The maximum absolute atomic E-state index is 11.0. The average molecular weight is 147 g/mol. The first kappa shape index (κ1) is 6.40. The minimum atomic E-state index is 0.128. The molecule has 0 aliphatic carbocycles. The predicted molar refractivity (Wildman–Crippen MR) is 43.5 cm³/mol. The zero-order valence-corrected chi connectivity index (χ0v) is 6.37. The van der Waals surface area contributed by atoms with E-state index in [2.05, 4.69) is 6.08 Å². The van der Waals surface area contributed by atoms with E-state index in [9.17, 15) is 4.79 Å². The van der Waals surface area contributed by atoms with E-state index >= 15 is 0 Å². The molecule has 0 saturated carbocycles. The smallest absolute Gasteiger partial charge is 0.176 e. The van der Waals surface area contributed by atoms with E-state index < -0.39 is 0 Å². The lowest BCUT2D eigenvalue weighted by atomic mass is 10.3. The number of carbonyl (C=O) groups excluding carboxylic acids is 1. The van der Waals surface area contributed by atoms with Crippen LogP contribution in [0.15, 0.2) is 18.2 Å². The highest BCUT2D eigenvalue weighted by Gasteiger charge is 2.11. The van der Waals surface area contributed by atoms with Gasteiger partial charge in [0.15, 0.2) is 5.78 Å². The first-order valence-electron chi connectivity index (χ1n) is 3.67. The molecule has 2 nitrogen and oxygen atoms in total. The van der Waals surface area contributed by atoms with Crippen LogP contribution in [0.3, 0.4) is 0 Å². The van der Waals surface area contributed by atoms with Crippen LogP contribution < -0.4 is 0 Å². The highest BCUT2D eigenvalue weighted by atomic mass is 16.1. The van der Waals surface area contributed by atoms with Crippen LogP contribution >= 0.6 is 0 Å². The first-order valence-corrected chi connectivity index (χ1v) is 3.67. The zero-order chi connectivity index (χ0) is 7.84. The molecule has 2 heterocycles. The number of rotatable bonds is 1. The Labute approximate surface area is 65.1 Å². The highest BCUT2D eigenvalue weighted by Crippen LogP contribution is 2.16. The van der Waals surface area contributed by atoms with Gasteiger partial charge in [0.25, 0.3) is 0 Å². The molecule has 0 unspecified atom stereocenters. The van der Waals surface area contributed by atoms with Gasteiger partial charge in [0.1, 0.15) is 0 Å². The summed E-state index contributed by atoms with van der Waals surface area (Å²) < 4.78 is 1.95. The Bertz CT molecular complexity index is 333. The maximum atomic E-state index is 11.0. The van der Waals surface area contributed by atoms with Gasteiger partial charge in [0, 0.05) is 25.2 Å². The summed E-state index contributed by atoms with van der Waals surface area (Å²) in [6.45, 7) is 1.59. The Morgan fingerprint density at radius 3 is 3.09 bits per heavy atom. The molecule has 0 amide bonds. The molecule has 0 spiro atoms. The second-order valence-corrected chi connectivity index (χ2v) is 2.72. The van der Waals surface area contributed by atoms with Gasteiger partial charge in [-0.1, -0.05) is 6.08 Å². The molecule has 1 aromatic heterocycles. The molecule has 1 aromatic rings. The molecule has 11 heavy (non-hydrogen) atoms. The quantitative estimate of drug-likeness (QED) is 0.554. The van der Waals surface area contributed by atoms with Gasteiger partial charge in [-0.3, -0.25) is 4.79 Å². The molecular weight excluding hydrogens is 138 g/mol. The molecule has 2 heteroatoms. The lowest BCUT2D eigenvalue weighted by molar-refractivity contribution is 0.101. The van der Waals surface area contributed by atoms with E-state index in [0.717, 1.165) is 12.1 Å². The fraction of sp³-hybridized carbons (Fsp3) is 0.222. The second kappa shape index (κ2) is 2.09. The van der Waals surface area contributed by atoms with Crippen LogP contribution in [0.25, 0.3) is 6.20 Å². The van der Waals surface area contributed by atoms with Crippen LogP contribution in [0.2, 0.25) is 0 Å². The van der Waals surface area contributed by atoms with Crippen molar-refractivity contribution < 1.29 is 4.79 Å². The molecule has 0 N–H and O–H groups in total. The maximum Gasteiger partial charge on any atom is 0.176 e. The van der Waals surface area contributed by atoms with Crippen molar-refractivity contribution in [1.29, 1.82) is 0 Å². The molecule has 1 aliphatic heterocycles. The topological polar surface area (TPSA) is 22.0 Å². The van der Waals surface area contributed by atoms with E-state index in [1.807, 2.05) is 22.9 Å². The molecule has 2 rings (SSSR count). The molecule has 1 aliphatic rings. The van der Waals surface area contributed by atoms with Crippen LogP contribution in [0.4, 0.5) is 0 Å². The van der Waals surface area contributed by atoms with Crippen molar-refractivity contribution >= 4 is 12.0 Å². The van der Waals surface area contributed by atoms with Crippen LogP contribution in [0, 0.1) is 0 Å². The number of Topliss-reactive ketones (excluding diaryl/α,β-unsaturated/α-hetero) is 1. The van der Waals surface area contributed by atoms with Crippen molar-refractivity contribution in [1.82, 2.24) is 4.57 Å². The summed E-state index contributed by atoms with van der Waals surface area (Å²) in [5.41, 5.74) is 1.99. The van der Waals surface area contributed by atoms with Gasteiger partial charge in [-0.25, -0.2) is 0 Å². The number of hydrogen-bond donors (Lipinski definition) is 0. The molecule has 0 atom stereocenters. The normalized spacial score (nSPS) is 13.5. The van der Waals surface area contributed by atoms with E-state index in [4.69, 9.17) is 0 Å². The van der Waals surface area contributed by atoms with Crippen LogP contribution in [0.1, 0.15) is 23.1 Å². The van der Waals surface area contributed by atoms with Crippen molar-refractivity contribution in [3.63, 3.8) is 0 Å². The fourth-order valence-corrected chi connectivity index (χ4v) is 1.40. The number of nitrogens with zero attached hydrogens (tertiary/aromatic N) is 1. The third-order valence-electron chi connectivity index (χ3n) is 1.94. The van der Waals surface area contributed by atoms with Crippen molar-refractivity contribution in [3.8, 4) is 0 Å². The molecule has 0 saturated heterocycles. The van der Waals surface area contributed by atoms with Gasteiger partial charge < -0.3 is 4.57 Å². The monoisotopic (exact) mass is 147 g/mol. The zero-order valence-electron chi connectivity index (χ0n) is 6.37. The summed E-state index contributed by atoms with van der Waals surface area (Å²) >= 11 is 0. The van der Waals surface area contributed by atoms with Crippen molar-refractivity contribution in [2.45, 2.75) is 13.3 Å². The average Bonchev–Trinajstić information content (AvgIpc) is 2.41. The Kier molecular flexibility index (Phi) is 1.22. The summed E-state index contributed by atoms with van der Waals surface area (Å²) in [4.78, 5) is 11.0. The van der Waals surface area contributed by atoms with E-state index in [0.29, 0.717) is 0 Å². The second-order valence-electron chi connectivity index (χ2n) is 2.72. The van der Waals surface area contributed by atoms with E-state index in [-0.39, 0.29) is 5.78 Å². The SMILES string of the molecule is CC(=O)c1ccc2n1C=CC2. The summed E-state index contributed by atoms with van der Waals surface area (Å²) in [6.07, 6.45) is 4.96. The highest BCUT2D eigenvalue weighted by molar-refractivity contribution is 5.93. The van der Waals surface area contributed by atoms with Gasteiger partial charge in [-0.05, 0) is 12.1 Å². The van der Waals surface area contributed by atoms with Crippen LogP contribution in [-0.2, 0) is 6.42 Å². The van der Waals surface area contributed by atoms with Crippen molar-refractivity contribution in [2.75, 3.05) is 0 Å². The van der Waals surface area contributed by atoms with Gasteiger partial charge in [-0.2, -0.15) is 0 Å². The van der Waals surface area contributed by atoms with E-state index in [1.165, 1.54) is 5.69 Å². The van der Waals surface area contributed by atoms with Crippen LogP contribution in [0.5, 0.6) is 0 Å². The number of allylic oxidation sites excluding steroid dienone is 1. The third kappa shape index (κ3) is 0.827. The third-order valence-corrected chi connectivity index (χ3v) is 1.94. The summed E-state index contributed by atoms with van der Waals surface area (Å²) in [5.74, 6) is 0.128. The number of aromatic nitrogens is 1. The number of ketones is 1.